The standard InChI is InChI=1S/C14H17ClN2O2/c1-9(10-5-3-2-4-6-10)17-13(18)11-7-12(15)14(19)16-8-11/h5,7-9H,2-4,6H2,1H3,(H,16,19)(H,17,18). The van der Waals surface area contributed by atoms with Crippen molar-refractivity contribution in [3.05, 3.63) is 44.9 Å². The van der Waals surface area contributed by atoms with Gasteiger partial charge in [-0.2, -0.15) is 0 Å². The molecule has 1 heterocycles. The Morgan fingerprint density at radius 3 is 2.89 bits per heavy atom. The van der Waals surface area contributed by atoms with Crippen molar-refractivity contribution in [2.24, 2.45) is 0 Å². The summed E-state index contributed by atoms with van der Waals surface area (Å²) in [5.74, 6) is -0.225. The first-order valence-electron chi connectivity index (χ1n) is 6.46. The molecule has 19 heavy (non-hydrogen) atoms. The third-order valence-electron chi connectivity index (χ3n) is 3.35. The zero-order valence-corrected chi connectivity index (χ0v) is 11.6. The summed E-state index contributed by atoms with van der Waals surface area (Å²) < 4.78 is 0. The highest BCUT2D eigenvalue weighted by molar-refractivity contribution is 6.30. The quantitative estimate of drug-likeness (QED) is 0.836. The van der Waals surface area contributed by atoms with Gasteiger partial charge >= 0.3 is 0 Å². The Morgan fingerprint density at radius 2 is 2.26 bits per heavy atom. The van der Waals surface area contributed by atoms with Gasteiger partial charge in [0.05, 0.1) is 5.56 Å². The molecule has 0 bridgehead atoms. The molecule has 1 aliphatic rings. The van der Waals surface area contributed by atoms with Gasteiger partial charge in [-0.25, -0.2) is 0 Å². The summed E-state index contributed by atoms with van der Waals surface area (Å²) in [5.41, 5.74) is 1.25. The van der Waals surface area contributed by atoms with E-state index < -0.39 is 0 Å². The van der Waals surface area contributed by atoms with Gasteiger partial charge in [0, 0.05) is 12.2 Å². The largest absolute Gasteiger partial charge is 0.346 e. The molecule has 0 saturated carbocycles. The van der Waals surface area contributed by atoms with E-state index in [0.29, 0.717) is 5.56 Å². The highest BCUT2D eigenvalue weighted by Crippen LogP contribution is 2.20. The van der Waals surface area contributed by atoms with Crippen LogP contribution in [0.1, 0.15) is 43.0 Å². The number of carbonyl (C=O) groups is 1. The van der Waals surface area contributed by atoms with Crippen molar-refractivity contribution in [1.82, 2.24) is 10.3 Å². The number of aromatic amines is 1. The van der Waals surface area contributed by atoms with Crippen LogP contribution in [0.4, 0.5) is 0 Å². The average Bonchev–Trinajstić information content (AvgIpc) is 2.42. The van der Waals surface area contributed by atoms with Gasteiger partial charge in [0.15, 0.2) is 0 Å². The molecule has 4 nitrogen and oxygen atoms in total. The molecule has 102 valence electrons. The third kappa shape index (κ3) is 3.47. The number of allylic oxidation sites excluding steroid dienone is 1. The van der Waals surface area contributed by atoms with Crippen LogP contribution in [0.3, 0.4) is 0 Å². The number of H-pyrrole nitrogens is 1. The molecule has 2 N–H and O–H groups in total. The van der Waals surface area contributed by atoms with Gasteiger partial charge in [-0.3, -0.25) is 9.59 Å². The number of nitrogens with one attached hydrogen (secondary N) is 2. The number of hydrogen-bond acceptors (Lipinski definition) is 2. The summed E-state index contributed by atoms with van der Waals surface area (Å²) in [6.07, 6.45) is 8.10. The average molecular weight is 281 g/mol. The fourth-order valence-corrected chi connectivity index (χ4v) is 2.39. The number of halogens is 1. The van der Waals surface area contributed by atoms with E-state index in [4.69, 9.17) is 11.6 Å². The zero-order valence-electron chi connectivity index (χ0n) is 10.8. The first-order valence-corrected chi connectivity index (χ1v) is 6.84. The second-order valence-corrected chi connectivity index (χ2v) is 5.19. The summed E-state index contributed by atoms with van der Waals surface area (Å²) in [6.45, 7) is 1.97. The Kier molecular flexibility index (Phi) is 4.43. The van der Waals surface area contributed by atoms with E-state index in [1.807, 2.05) is 6.92 Å². The molecule has 0 radical (unpaired) electrons. The molecule has 1 aromatic heterocycles. The molecule has 1 atom stereocenters. The van der Waals surface area contributed by atoms with Crippen molar-refractivity contribution in [1.29, 1.82) is 0 Å². The molecule has 1 amide bonds. The van der Waals surface area contributed by atoms with Crippen molar-refractivity contribution in [3.8, 4) is 0 Å². The maximum Gasteiger partial charge on any atom is 0.266 e. The molecule has 0 fully saturated rings. The highest BCUT2D eigenvalue weighted by Gasteiger charge is 2.15. The molecule has 5 heteroatoms. The van der Waals surface area contributed by atoms with E-state index in [2.05, 4.69) is 16.4 Å². The van der Waals surface area contributed by atoms with Crippen LogP contribution in [0.25, 0.3) is 0 Å². The van der Waals surface area contributed by atoms with Crippen LogP contribution in [0.15, 0.2) is 28.7 Å². The third-order valence-corrected chi connectivity index (χ3v) is 3.63. The van der Waals surface area contributed by atoms with Gasteiger partial charge in [0.1, 0.15) is 5.02 Å². The lowest BCUT2D eigenvalue weighted by Crippen LogP contribution is -2.34. The normalized spacial score (nSPS) is 16.6. The minimum atomic E-state index is -0.388. The Morgan fingerprint density at radius 1 is 1.47 bits per heavy atom. The number of aromatic nitrogens is 1. The summed E-state index contributed by atoms with van der Waals surface area (Å²) in [4.78, 5) is 25.6. The lowest BCUT2D eigenvalue weighted by molar-refractivity contribution is 0.0944. The number of hydrogen-bond donors (Lipinski definition) is 2. The molecule has 1 aromatic rings. The fraction of sp³-hybridized carbons (Fsp3) is 0.429. The molecular formula is C14H17ClN2O2. The molecule has 2 rings (SSSR count). The van der Waals surface area contributed by atoms with Crippen molar-refractivity contribution in [2.45, 2.75) is 38.6 Å². The summed E-state index contributed by atoms with van der Waals surface area (Å²) >= 11 is 5.71. The number of amides is 1. The second kappa shape index (κ2) is 6.06. The molecular weight excluding hydrogens is 264 g/mol. The summed E-state index contributed by atoms with van der Waals surface area (Å²) in [5, 5.41) is 2.95. The van der Waals surface area contributed by atoms with E-state index in [1.165, 1.54) is 30.7 Å². The topological polar surface area (TPSA) is 62.0 Å². The summed E-state index contributed by atoms with van der Waals surface area (Å²) in [6, 6.07) is 1.40. The fourth-order valence-electron chi connectivity index (χ4n) is 2.22. The second-order valence-electron chi connectivity index (χ2n) is 4.79. The van der Waals surface area contributed by atoms with Crippen LogP contribution < -0.4 is 10.9 Å². The van der Waals surface area contributed by atoms with Crippen LogP contribution in [-0.2, 0) is 0 Å². The van der Waals surface area contributed by atoms with Crippen LogP contribution in [-0.4, -0.2) is 16.9 Å². The zero-order chi connectivity index (χ0) is 13.8. The summed E-state index contributed by atoms with van der Waals surface area (Å²) in [7, 11) is 0. The van der Waals surface area contributed by atoms with E-state index in [-0.39, 0.29) is 22.5 Å². The van der Waals surface area contributed by atoms with Crippen LogP contribution in [0.5, 0.6) is 0 Å². The monoisotopic (exact) mass is 280 g/mol. The van der Waals surface area contributed by atoms with Crippen molar-refractivity contribution >= 4 is 17.5 Å². The van der Waals surface area contributed by atoms with E-state index in [9.17, 15) is 9.59 Å². The molecule has 1 aliphatic carbocycles. The first kappa shape index (κ1) is 13.9. The Bertz CT molecular complexity index is 563. The lowest BCUT2D eigenvalue weighted by atomic mass is 9.94. The molecule has 0 spiro atoms. The van der Waals surface area contributed by atoms with E-state index >= 15 is 0 Å². The van der Waals surface area contributed by atoms with Crippen LogP contribution in [0.2, 0.25) is 5.02 Å². The Hall–Kier alpha value is -1.55. The molecule has 0 aromatic carbocycles. The van der Waals surface area contributed by atoms with Crippen molar-refractivity contribution in [2.75, 3.05) is 0 Å². The SMILES string of the molecule is CC(NC(=O)c1c[nH]c(=O)c(Cl)c1)C1=CCCCC1. The van der Waals surface area contributed by atoms with Gasteiger partial charge in [0.25, 0.3) is 11.5 Å². The smallest absolute Gasteiger partial charge is 0.266 e. The van der Waals surface area contributed by atoms with Crippen LogP contribution >= 0.6 is 11.6 Å². The van der Waals surface area contributed by atoms with Crippen LogP contribution in [0, 0.1) is 0 Å². The van der Waals surface area contributed by atoms with Gasteiger partial charge in [0.2, 0.25) is 0 Å². The molecule has 0 saturated heterocycles. The molecule has 1 unspecified atom stereocenters. The predicted molar refractivity (Wildman–Crippen MR) is 75.6 cm³/mol. The minimum absolute atomic E-state index is 0.0125. The maximum atomic E-state index is 12.0. The van der Waals surface area contributed by atoms with Gasteiger partial charge in [-0.1, -0.05) is 23.3 Å². The molecule has 0 aliphatic heterocycles. The highest BCUT2D eigenvalue weighted by atomic mass is 35.5. The number of pyridine rings is 1. The minimum Gasteiger partial charge on any atom is -0.346 e. The number of carbonyl (C=O) groups excluding carboxylic acids is 1. The predicted octanol–water partition coefficient (Wildman–Crippen LogP) is 2.65. The van der Waals surface area contributed by atoms with Gasteiger partial charge < -0.3 is 10.3 Å². The van der Waals surface area contributed by atoms with Gasteiger partial charge in [-0.05, 0) is 38.7 Å². The van der Waals surface area contributed by atoms with Gasteiger partial charge in [-0.15, -0.1) is 0 Å². The van der Waals surface area contributed by atoms with E-state index in [1.54, 1.807) is 0 Å². The Balaban J connectivity index is 2.05. The Labute approximate surface area is 116 Å². The van der Waals surface area contributed by atoms with E-state index in [0.717, 1.165) is 12.8 Å². The van der Waals surface area contributed by atoms with Crippen molar-refractivity contribution < 1.29 is 4.79 Å². The first-order chi connectivity index (χ1) is 9.08. The van der Waals surface area contributed by atoms with Crippen molar-refractivity contribution in [3.63, 3.8) is 0 Å². The maximum absolute atomic E-state index is 12.0. The number of rotatable bonds is 3. The lowest BCUT2D eigenvalue weighted by Gasteiger charge is -2.20.